The van der Waals surface area contributed by atoms with E-state index >= 15 is 0 Å². The molecule has 0 heterocycles. The molecule has 0 N–H and O–H groups in total. The first-order valence-corrected chi connectivity index (χ1v) is 2.97. The first-order valence-electron chi connectivity index (χ1n) is 2.97. The average molecular weight is 207 g/mol. The van der Waals surface area contributed by atoms with Crippen molar-refractivity contribution < 1.29 is 14.2 Å². The molecule has 0 saturated heterocycles. The molecule has 0 rings (SSSR count). The second-order valence-electron chi connectivity index (χ2n) is 1.60. The van der Waals surface area contributed by atoms with E-state index in [4.69, 9.17) is 14.2 Å². The van der Waals surface area contributed by atoms with Gasteiger partial charge in [-0.05, 0) is 0 Å². The SMILES string of the molecule is COCCOCCOC.Cl.Cl. The van der Waals surface area contributed by atoms with Crippen molar-refractivity contribution in [2.45, 2.75) is 0 Å². The first-order chi connectivity index (χ1) is 4.41. The van der Waals surface area contributed by atoms with Gasteiger partial charge in [0.05, 0.1) is 26.4 Å². The monoisotopic (exact) mass is 206 g/mol. The summed E-state index contributed by atoms with van der Waals surface area (Å²) < 4.78 is 14.6. The molecule has 0 aliphatic heterocycles. The predicted molar refractivity (Wildman–Crippen MR) is 49.1 cm³/mol. The molecular formula is C6H16Cl2O3. The van der Waals surface area contributed by atoms with Crippen LogP contribution in [-0.2, 0) is 14.2 Å². The molecule has 0 bridgehead atoms. The highest BCUT2D eigenvalue weighted by molar-refractivity contribution is 5.85. The zero-order valence-electron chi connectivity index (χ0n) is 6.87. The third-order valence-electron chi connectivity index (χ3n) is 0.864. The van der Waals surface area contributed by atoms with Crippen LogP contribution < -0.4 is 0 Å². The summed E-state index contributed by atoms with van der Waals surface area (Å²) in [6.45, 7) is 2.62. The van der Waals surface area contributed by atoms with Crippen LogP contribution in [0.5, 0.6) is 0 Å². The van der Waals surface area contributed by atoms with Crippen molar-refractivity contribution in [3.05, 3.63) is 0 Å². The number of halogens is 2. The standard InChI is InChI=1S/C6H14O3.2ClH/c1-7-3-5-9-6-4-8-2;;/h3-6H2,1-2H3;2*1H. The molecular weight excluding hydrogens is 191 g/mol. The van der Waals surface area contributed by atoms with E-state index in [0.29, 0.717) is 26.4 Å². The Hall–Kier alpha value is 0.460. The maximum atomic E-state index is 5.06. The van der Waals surface area contributed by atoms with E-state index in [9.17, 15) is 0 Å². The Morgan fingerprint density at radius 3 is 1.36 bits per heavy atom. The van der Waals surface area contributed by atoms with E-state index in [0.717, 1.165) is 0 Å². The summed E-state index contributed by atoms with van der Waals surface area (Å²) in [7, 11) is 3.30. The van der Waals surface area contributed by atoms with Crippen LogP contribution in [0.2, 0.25) is 0 Å². The summed E-state index contributed by atoms with van der Waals surface area (Å²) in [5.41, 5.74) is 0. The van der Waals surface area contributed by atoms with Crippen LogP contribution >= 0.6 is 24.8 Å². The predicted octanol–water partition coefficient (Wildman–Crippen LogP) is 1.14. The van der Waals surface area contributed by atoms with Gasteiger partial charge in [-0.15, -0.1) is 24.8 Å². The topological polar surface area (TPSA) is 27.7 Å². The maximum Gasteiger partial charge on any atom is 0.0701 e. The lowest BCUT2D eigenvalue weighted by Crippen LogP contribution is -2.06. The highest BCUT2D eigenvalue weighted by Crippen LogP contribution is 1.75. The van der Waals surface area contributed by atoms with Gasteiger partial charge in [0.1, 0.15) is 0 Å². The minimum Gasteiger partial charge on any atom is -0.382 e. The number of hydrogen-bond donors (Lipinski definition) is 0. The fourth-order valence-corrected chi connectivity index (χ4v) is 0.387. The van der Waals surface area contributed by atoms with E-state index < -0.39 is 0 Å². The van der Waals surface area contributed by atoms with Crippen molar-refractivity contribution in [2.75, 3.05) is 40.6 Å². The van der Waals surface area contributed by atoms with Gasteiger partial charge in [0.15, 0.2) is 0 Å². The summed E-state index contributed by atoms with van der Waals surface area (Å²) in [5.74, 6) is 0. The number of rotatable bonds is 6. The third kappa shape index (κ3) is 17.9. The molecule has 0 aromatic carbocycles. The van der Waals surface area contributed by atoms with E-state index in [1.807, 2.05) is 0 Å². The summed E-state index contributed by atoms with van der Waals surface area (Å²) in [5, 5.41) is 0. The lowest BCUT2D eigenvalue weighted by Gasteiger charge is -2.00. The molecule has 0 spiro atoms. The van der Waals surface area contributed by atoms with E-state index in [-0.39, 0.29) is 24.8 Å². The Morgan fingerprint density at radius 1 is 0.727 bits per heavy atom. The van der Waals surface area contributed by atoms with Crippen molar-refractivity contribution >= 4 is 24.8 Å². The van der Waals surface area contributed by atoms with Gasteiger partial charge < -0.3 is 14.2 Å². The molecule has 0 unspecified atom stereocenters. The fourth-order valence-electron chi connectivity index (χ4n) is 0.387. The van der Waals surface area contributed by atoms with Crippen molar-refractivity contribution in [3.63, 3.8) is 0 Å². The molecule has 11 heavy (non-hydrogen) atoms. The molecule has 0 saturated carbocycles. The number of hydrogen-bond acceptors (Lipinski definition) is 3. The maximum absolute atomic E-state index is 5.06. The average Bonchev–Trinajstić information content (AvgIpc) is 1.89. The van der Waals surface area contributed by atoms with Crippen molar-refractivity contribution in [1.29, 1.82) is 0 Å². The largest absolute Gasteiger partial charge is 0.382 e. The number of ether oxygens (including phenoxy) is 3. The molecule has 0 aromatic heterocycles. The summed E-state index contributed by atoms with van der Waals surface area (Å²) in [4.78, 5) is 0. The van der Waals surface area contributed by atoms with E-state index in [2.05, 4.69) is 0 Å². The van der Waals surface area contributed by atoms with Gasteiger partial charge in [-0.2, -0.15) is 0 Å². The van der Waals surface area contributed by atoms with Crippen molar-refractivity contribution in [2.24, 2.45) is 0 Å². The summed E-state index contributed by atoms with van der Waals surface area (Å²) in [6, 6.07) is 0. The smallest absolute Gasteiger partial charge is 0.0701 e. The summed E-state index contributed by atoms with van der Waals surface area (Å²) in [6.07, 6.45) is 0. The molecule has 0 atom stereocenters. The Kier molecular flexibility index (Phi) is 26.8. The zero-order valence-corrected chi connectivity index (χ0v) is 8.50. The van der Waals surface area contributed by atoms with Gasteiger partial charge in [-0.3, -0.25) is 0 Å². The minimum atomic E-state index is 0. The second kappa shape index (κ2) is 16.8. The van der Waals surface area contributed by atoms with Crippen LogP contribution in [0.4, 0.5) is 0 Å². The van der Waals surface area contributed by atoms with Gasteiger partial charge in [0.25, 0.3) is 0 Å². The molecule has 0 fully saturated rings. The van der Waals surface area contributed by atoms with Crippen LogP contribution in [0.1, 0.15) is 0 Å². The third-order valence-corrected chi connectivity index (χ3v) is 0.864. The van der Waals surface area contributed by atoms with Crippen LogP contribution in [0, 0.1) is 0 Å². The molecule has 72 valence electrons. The van der Waals surface area contributed by atoms with Crippen LogP contribution in [0.25, 0.3) is 0 Å². The first kappa shape index (κ1) is 17.5. The van der Waals surface area contributed by atoms with Gasteiger partial charge >= 0.3 is 0 Å². The van der Waals surface area contributed by atoms with Crippen molar-refractivity contribution in [1.82, 2.24) is 0 Å². The highest BCUT2D eigenvalue weighted by atomic mass is 35.5. The lowest BCUT2D eigenvalue weighted by molar-refractivity contribution is 0.0385. The Morgan fingerprint density at radius 2 is 1.09 bits per heavy atom. The van der Waals surface area contributed by atoms with Crippen LogP contribution in [0.15, 0.2) is 0 Å². The molecule has 0 aliphatic rings. The van der Waals surface area contributed by atoms with E-state index in [1.165, 1.54) is 0 Å². The Balaban J connectivity index is -0.000000320. The highest BCUT2D eigenvalue weighted by Gasteiger charge is 1.84. The van der Waals surface area contributed by atoms with Crippen LogP contribution in [-0.4, -0.2) is 40.6 Å². The second-order valence-corrected chi connectivity index (χ2v) is 1.60. The molecule has 5 heteroatoms. The van der Waals surface area contributed by atoms with E-state index in [1.54, 1.807) is 14.2 Å². The molecule has 0 amide bonds. The van der Waals surface area contributed by atoms with Gasteiger partial charge in [0.2, 0.25) is 0 Å². The normalized spacial score (nSPS) is 8.18. The van der Waals surface area contributed by atoms with Gasteiger partial charge in [0, 0.05) is 14.2 Å². The summed E-state index contributed by atoms with van der Waals surface area (Å²) >= 11 is 0. The van der Waals surface area contributed by atoms with Gasteiger partial charge in [-0.25, -0.2) is 0 Å². The van der Waals surface area contributed by atoms with Crippen LogP contribution in [0.3, 0.4) is 0 Å². The minimum absolute atomic E-state index is 0. The molecule has 0 aliphatic carbocycles. The fraction of sp³-hybridized carbons (Fsp3) is 1.00. The lowest BCUT2D eigenvalue weighted by atomic mass is 10.7. The molecule has 0 radical (unpaired) electrons. The Labute approximate surface area is 80.2 Å². The quantitative estimate of drug-likeness (QED) is 0.611. The molecule has 0 aromatic rings. The van der Waals surface area contributed by atoms with Crippen molar-refractivity contribution in [3.8, 4) is 0 Å². The Bertz CT molecular complexity index is 49.1. The zero-order chi connectivity index (χ0) is 6.95. The number of methoxy groups -OCH3 is 2. The van der Waals surface area contributed by atoms with Gasteiger partial charge in [-0.1, -0.05) is 0 Å². The molecule has 3 nitrogen and oxygen atoms in total.